The molecular weight excluding hydrogens is 294 g/mol. The van der Waals surface area contributed by atoms with Crippen LogP contribution in [0.25, 0.3) is 15.2 Å². The van der Waals surface area contributed by atoms with Crippen LogP contribution in [-0.4, -0.2) is 24.7 Å². The molecule has 0 fully saturated rings. The van der Waals surface area contributed by atoms with Gasteiger partial charge in [-0.15, -0.1) is 10.2 Å². The first-order chi connectivity index (χ1) is 9.81. The Morgan fingerprint density at radius 1 is 1.30 bits per heavy atom. The minimum atomic E-state index is 0.589. The lowest BCUT2D eigenvalue weighted by Crippen LogP contribution is -1.87. The normalized spacial score (nSPS) is 11.7. The minimum absolute atomic E-state index is 0.589. The number of thiazole rings is 1. The molecule has 0 radical (unpaired) electrons. The molecule has 100 valence electrons. The Balaban J connectivity index is 1.72. The number of aryl methyl sites for hydroxylation is 1. The van der Waals surface area contributed by atoms with E-state index in [0.717, 1.165) is 15.6 Å². The third-order valence-electron chi connectivity index (χ3n) is 2.81. The number of benzene rings is 1. The molecule has 3 heterocycles. The highest BCUT2D eigenvalue weighted by Crippen LogP contribution is 2.30. The van der Waals surface area contributed by atoms with E-state index in [4.69, 9.17) is 4.52 Å². The number of rotatable bonds is 3. The smallest absolute Gasteiger partial charge is 0.237 e. The average molecular weight is 303 g/mol. The molecule has 6 nitrogen and oxygen atoms in total. The summed E-state index contributed by atoms with van der Waals surface area (Å²) in [5.74, 6) is 1.84. The lowest BCUT2D eigenvalue weighted by atomic mass is 10.3. The topological polar surface area (TPSA) is 69.1 Å². The van der Waals surface area contributed by atoms with Gasteiger partial charge in [0.05, 0.1) is 16.0 Å². The maximum atomic E-state index is 5.11. The maximum Gasteiger partial charge on any atom is 0.237 e. The van der Waals surface area contributed by atoms with Crippen LogP contribution in [0.2, 0.25) is 0 Å². The molecule has 0 spiro atoms. The highest BCUT2D eigenvalue weighted by atomic mass is 32.2. The van der Waals surface area contributed by atoms with Crippen molar-refractivity contribution in [3.05, 3.63) is 36.0 Å². The number of hydrogen-bond donors (Lipinski definition) is 0. The minimum Gasteiger partial charge on any atom is -0.338 e. The van der Waals surface area contributed by atoms with Crippen molar-refractivity contribution in [2.24, 2.45) is 0 Å². The first-order valence-electron chi connectivity index (χ1n) is 5.96. The van der Waals surface area contributed by atoms with E-state index < -0.39 is 0 Å². The summed E-state index contributed by atoms with van der Waals surface area (Å²) in [6, 6.07) is 8.21. The molecular formula is C12H9N5OS2. The Morgan fingerprint density at radius 3 is 3.05 bits per heavy atom. The fraction of sp³-hybridized carbons (Fsp3) is 0.167. The van der Waals surface area contributed by atoms with Crippen LogP contribution in [0.4, 0.5) is 0 Å². The average Bonchev–Trinajstić information content (AvgIpc) is 3.11. The molecule has 0 aliphatic rings. The molecule has 0 saturated heterocycles. The van der Waals surface area contributed by atoms with Crippen molar-refractivity contribution in [1.82, 2.24) is 24.7 Å². The van der Waals surface area contributed by atoms with Crippen molar-refractivity contribution in [2.45, 2.75) is 17.8 Å². The Morgan fingerprint density at radius 2 is 2.20 bits per heavy atom. The second kappa shape index (κ2) is 4.57. The van der Waals surface area contributed by atoms with Crippen molar-refractivity contribution in [1.29, 1.82) is 0 Å². The largest absolute Gasteiger partial charge is 0.338 e. The number of thioether (sulfide) groups is 1. The number of hydrogen-bond acceptors (Lipinski definition) is 7. The van der Waals surface area contributed by atoms with E-state index in [0.29, 0.717) is 17.5 Å². The van der Waals surface area contributed by atoms with Crippen LogP contribution < -0.4 is 0 Å². The Hall–Kier alpha value is -1.93. The van der Waals surface area contributed by atoms with E-state index in [1.54, 1.807) is 30.0 Å². The summed E-state index contributed by atoms with van der Waals surface area (Å²) in [5, 5.41) is 13.1. The SMILES string of the molecule is Cc1noc(CSc2nnc3sc4ccccc4n23)n1. The molecule has 0 N–H and O–H groups in total. The van der Waals surface area contributed by atoms with E-state index >= 15 is 0 Å². The van der Waals surface area contributed by atoms with Crippen molar-refractivity contribution in [3.8, 4) is 0 Å². The van der Waals surface area contributed by atoms with Gasteiger partial charge in [-0.1, -0.05) is 40.4 Å². The molecule has 0 atom stereocenters. The molecule has 1 aromatic carbocycles. The van der Waals surface area contributed by atoms with Crippen LogP contribution in [0.5, 0.6) is 0 Å². The van der Waals surface area contributed by atoms with Gasteiger partial charge >= 0.3 is 0 Å². The molecule has 4 aromatic rings. The molecule has 0 aliphatic heterocycles. The van der Waals surface area contributed by atoms with Gasteiger partial charge in [-0.05, 0) is 19.1 Å². The lowest BCUT2D eigenvalue weighted by Gasteiger charge is -1.96. The van der Waals surface area contributed by atoms with E-state index in [1.165, 1.54) is 4.70 Å². The van der Waals surface area contributed by atoms with Gasteiger partial charge in [0.15, 0.2) is 11.0 Å². The summed E-state index contributed by atoms with van der Waals surface area (Å²) in [4.78, 5) is 5.09. The Bertz CT molecular complexity index is 894. The van der Waals surface area contributed by atoms with Crippen molar-refractivity contribution in [2.75, 3.05) is 0 Å². The molecule has 0 saturated carbocycles. The highest BCUT2D eigenvalue weighted by Gasteiger charge is 2.13. The molecule has 0 unspecified atom stereocenters. The van der Waals surface area contributed by atoms with E-state index in [2.05, 4.69) is 36.9 Å². The second-order valence-electron chi connectivity index (χ2n) is 4.19. The first kappa shape index (κ1) is 11.9. The van der Waals surface area contributed by atoms with Crippen molar-refractivity contribution < 1.29 is 4.52 Å². The van der Waals surface area contributed by atoms with Gasteiger partial charge in [0, 0.05) is 0 Å². The van der Waals surface area contributed by atoms with E-state index in [9.17, 15) is 0 Å². The molecule has 0 aliphatic carbocycles. The van der Waals surface area contributed by atoms with Gasteiger partial charge < -0.3 is 4.52 Å². The molecule has 8 heteroatoms. The van der Waals surface area contributed by atoms with E-state index in [-0.39, 0.29) is 0 Å². The number of fused-ring (bicyclic) bond motifs is 3. The highest BCUT2D eigenvalue weighted by molar-refractivity contribution is 7.98. The molecule has 0 amide bonds. The summed E-state index contributed by atoms with van der Waals surface area (Å²) >= 11 is 3.18. The van der Waals surface area contributed by atoms with Crippen molar-refractivity contribution >= 4 is 38.3 Å². The predicted molar refractivity (Wildman–Crippen MR) is 77.0 cm³/mol. The first-order valence-corrected chi connectivity index (χ1v) is 7.76. The third kappa shape index (κ3) is 1.88. The zero-order chi connectivity index (χ0) is 13.5. The lowest BCUT2D eigenvalue weighted by molar-refractivity contribution is 0.387. The van der Waals surface area contributed by atoms with Crippen LogP contribution in [-0.2, 0) is 5.75 Å². The fourth-order valence-electron chi connectivity index (χ4n) is 1.97. The van der Waals surface area contributed by atoms with Crippen LogP contribution >= 0.6 is 23.1 Å². The van der Waals surface area contributed by atoms with Gasteiger partial charge in [0.25, 0.3) is 0 Å². The summed E-state index contributed by atoms with van der Waals surface area (Å²) < 4.78 is 8.37. The summed E-state index contributed by atoms with van der Waals surface area (Å²) in [5.41, 5.74) is 1.13. The number of nitrogens with zero attached hydrogens (tertiary/aromatic N) is 5. The molecule has 3 aromatic heterocycles. The molecule has 4 rings (SSSR count). The summed E-state index contributed by atoms with van der Waals surface area (Å²) in [7, 11) is 0. The monoisotopic (exact) mass is 303 g/mol. The fourth-order valence-corrected chi connectivity index (χ4v) is 3.78. The number of para-hydroxylation sites is 1. The Labute approximate surface area is 121 Å². The number of aromatic nitrogens is 5. The van der Waals surface area contributed by atoms with Crippen LogP contribution in [0.15, 0.2) is 33.9 Å². The molecule has 20 heavy (non-hydrogen) atoms. The van der Waals surface area contributed by atoms with Crippen LogP contribution in [0.1, 0.15) is 11.7 Å². The van der Waals surface area contributed by atoms with Gasteiger partial charge in [-0.25, -0.2) is 0 Å². The van der Waals surface area contributed by atoms with E-state index in [1.807, 2.05) is 12.1 Å². The molecule has 0 bridgehead atoms. The standard InChI is InChI=1S/C12H9N5OS2/c1-7-13-10(18-16-7)6-19-11-14-15-12-17(11)8-4-2-3-5-9(8)20-12/h2-5H,6H2,1H3. The van der Waals surface area contributed by atoms with Gasteiger partial charge in [0.1, 0.15) is 0 Å². The summed E-state index contributed by atoms with van der Waals surface area (Å²) in [6.45, 7) is 1.80. The van der Waals surface area contributed by atoms with Crippen LogP contribution in [0, 0.1) is 6.92 Å². The zero-order valence-electron chi connectivity index (χ0n) is 10.5. The predicted octanol–water partition coefficient (Wildman–Crippen LogP) is 2.93. The van der Waals surface area contributed by atoms with Gasteiger partial charge in [0.2, 0.25) is 10.9 Å². The third-order valence-corrected chi connectivity index (χ3v) is 4.73. The van der Waals surface area contributed by atoms with Crippen molar-refractivity contribution in [3.63, 3.8) is 0 Å². The van der Waals surface area contributed by atoms with Crippen LogP contribution in [0.3, 0.4) is 0 Å². The quantitative estimate of drug-likeness (QED) is 0.542. The van der Waals surface area contributed by atoms with Gasteiger partial charge in [-0.2, -0.15) is 4.98 Å². The Kier molecular flexibility index (Phi) is 2.71. The van der Waals surface area contributed by atoms with Gasteiger partial charge in [-0.3, -0.25) is 4.40 Å². The summed E-state index contributed by atoms with van der Waals surface area (Å²) in [6.07, 6.45) is 0. The maximum absolute atomic E-state index is 5.11. The second-order valence-corrected chi connectivity index (χ2v) is 6.15. The zero-order valence-corrected chi connectivity index (χ0v) is 12.1.